The standard InChI is InChI=1S/C22H15NO9/c23-32-22(31)15-9-12(3-6-18(15)26)19(10-1-4-16(24)13(7-10)20(27)28)11-2-5-17(25)14(8-11)21(29)30/h1-9,24-25H,23H2,(H,27,28)(H,29,30). The van der Waals surface area contributed by atoms with Gasteiger partial charge in [0.25, 0.3) is 0 Å². The molecule has 0 spiro atoms. The molecule has 162 valence electrons. The lowest BCUT2D eigenvalue weighted by Gasteiger charge is -2.16. The number of hydrogen-bond acceptors (Lipinski definition) is 8. The summed E-state index contributed by atoms with van der Waals surface area (Å²) in [4.78, 5) is 51.0. The van der Waals surface area contributed by atoms with E-state index < -0.39 is 51.9 Å². The van der Waals surface area contributed by atoms with Crippen molar-refractivity contribution in [2.75, 3.05) is 0 Å². The molecule has 10 heteroatoms. The van der Waals surface area contributed by atoms with E-state index in [1.54, 1.807) is 0 Å². The van der Waals surface area contributed by atoms with E-state index in [4.69, 9.17) is 5.90 Å². The van der Waals surface area contributed by atoms with Crippen LogP contribution in [0.4, 0.5) is 0 Å². The van der Waals surface area contributed by atoms with Gasteiger partial charge >= 0.3 is 17.9 Å². The van der Waals surface area contributed by atoms with Gasteiger partial charge in [0.1, 0.15) is 28.2 Å². The van der Waals surface area contributed by atoms with Crippen molar-refractivity contribution in [1.29, 1.82) is 0 Å². The van der Waals surface area contributed by atoms with Crippen LogP contribution in [0.5, 0.6) is 11.5 Å². The Morgan fingerprint density at radius 1 is 0.812 bits per heavy atom. The van der Waals surface area contributed by atoms with Crippen LogP contribution in [0.25, 0.3) is 5.57 Å². The maximum atomic E-state index is 12.1. The fourth-order valence-electron chi connectivity index (χ4n) is 3.13. The number of aromatic hydroxyl groups is 2. The molecule has 1 aliphatic carbocycles. The topological polar surface area (TPSA) is 184 Å². The van der Waals surface area contributed by atoms with Gasteiger partial charge in [-0.25, -0.2) is 14.4 Å². The van der Waals surface area contributed by atoms with Crippen molar-refractivity contribution in [3.63, 3.8) is 0 Å². The fraction of sp³-hybridized carbons (Fsp3) is 0. The molecule has 0 saturated heterocycles. The SMILES string of the molecule is NOC(=O)C1=CC(=C(c2ccc(O)c(C(=O)O)c2)c2ccc(O)c(C(=O)O)c2)C=CC1=O. The highest BCUT2D eigenvalue weighted by molar-refractivity contribution is 6.23. The molecular weight excluding hydrogens is 422 g/mol. The van der Waals surface area contributed by atoms with Gasteiger partial charge in [-0.1, -0.05) is 18.2 Å². The van der Waals surface area contributed by atoms with E-state index in [2.05, 4.69) is 4.84 Å². The first-order valence-corrected chi connectivity index (χ1v) is 8.86. The van der Waals surface area contributed by atoms with Gasteiger partial charge < -0.3 is 25.3 Å². The number of aromatic carboxylic acids is 2. The van der Waals surface area contributed by atoms with Crippen molar-refractivity contribution < 1.29 is 44.4 Å². The Bertz CT molecular complexity index is 1200. The maximum Gasteiger partial charge on any atom is 0.360 e. The number of carboxylic acids is 2. The van der Waals surface area contributed by atoms with E-state index in [0.717, 1.165) is 36.4 Å². The minimum absolute atomic E-state index is 0.209. The molecule has 0 heterocycles. The van der Waals surface area contributed by atoms with Crippen LogP contribution in [0, 0.1) is 0 Å². The highest BCUT2D eigenvalue weighted by atomic mass is 16.7. The third-order valence-electron chi connectivity index (χ3n) is 4.63. The van der Waals surface area contributed by atoms with E-state index in [1.807, 2.05) is 0 Å². The molecule has 3 rings (SSSR count). The van der Waals surface area contributed by atoms with Crippen molar-refractivity contribution >= 4 is 29.3 Å². The maximum absolute atomic E-state index is 12.1. The normalized spacial score (nSPS) is 12.8. The molecule has 2 aromatic rings. The number of allylic oxidation sites excluding steroid dienone is 4. The molecule has 0 aromatic heterocycles. The third kappa shape index (κ3) is 4.11. The van der Waals surface area contributed by atoms with Crippen LogP contribution in [-0.2, 0) is 14.4 Å². The summed E-state index contributed by atoms with van der Waals surface area (Å²) in [5.74, 6) is -0.738. The zero-order chi connectivity index (χ0) is 23.6. The quantitative estimate of drug-likeness (QED) is 0.341. The van der Waals surface area contributed by atoms with Gasteiger partial charge in [-0.3, -0.25) is 4.79 Å². The Kier molecular flexibility index (Phi) is 5.90. The molecule has 32 heavy (non-hydrogen) atoms. The van der Waals surface area contributed by atoms with Crippen molar-refractivity contribution in [3.05, 3.63) is 88.0 Å². The highest BCUT2D eigenvalue weighted by Crippen LogP contribution is 2.35. The molecule has 2 aromatic carbocycles. The van der Waals surface area contributed by atoms with Crippen molar-refractivity contribution in [1.82, 2.24) is 0 Å². The molecule has 0 bridgehead atoms. The van der Waals surface area contributed by atoms with Gasteiger partial charge in [0, 0.05) is 0 Å². The largest absolute Gasteiger partial charge is 0.507 e. The summed E-state index contributed by atoms with van der Waals surface area (Å²) in [6.45, 7) is 0. The summed E-state index contributed by atoms with van der Waals surface area (Å²) in [5.41, 5.74) is -0.411. The number of benzene rings is 2. The molecule has 6 N–H and O–H groups in total. The number of hydrogen-bond donors (Lipinski definition) is 5. The average Bonchev–Trinajstić information content (AvgIpc) is 2.76. The fourth-order valence-corrected chi connectivity index (χ4v) is 3.13. The van der Waals surface area contributed by atoms with Crippen LogP contribution in [0.15, 0.2) is 65.8 Å². The molecule has 0 fully saturated rings. The second kappa shape index (κ2) is 8.58. The molecule has 0 aliphatic heterocycles. The van der Waals surface area contributed by atoms with E-state index in [0.29, 0.717) is 0 Å². The van der Waals surface area contributed by atoms with Crippen LogP contribution in [0.3, 0.4) is 0 Å². The number of nitrogens with two attached hydrogens (primary N) is 1. The zero-order valence-corrected chi connectivity index (χ0v) is 16.1. The van der Waals surface area contributed by atoms with Gasteiger partial charge in [0.15, 0.2) is 5.78 Å². The summed E-state index contributed by atoms with van der Waals surface area (Å²) in [5, 5.41) is 38.4. The van der Waals surface area contributed by atoms with Crippen molar-refractivity contribution in [2.24, 2.45) is 5.90 Å². The minimum atomic E-state index is -1.41. The first kappa shape index (κ1) is 22.0. The highest BCUT2D eigenvalue weighted by Gasteiger charge is 2.24. The van der Waals surface area contributed by atoms with Crippen LogP contribution in [0.1, 0.15) is 31.8 Å². The number of phenols is 2. The summed E-state index contributed by atoms with van der Waals surface area (Å²) in [6.07, 6.45) is 3.57. The number of rotatable bonds is 5. The van der Waals surface area contributed by atoms with Gasteiger partial charge in [0.05, 0.1) is 0 Å². The lowest BCUT2D eigenvalue weighted by molar-refractivity contribution is -0.140. The molecular formula is C22H15NO9. The van der Waals surface area contributed by atoms with Gasteiger partial charge in [-0.15, -0.1) is 0 Å². The van der Waals surface area contributed by atoms with Crippen molar-refractivity contribution in [3.8, 4) is 11.5 Å². The number of carboxylic acid groups (broad SMARTS) is 2. The van der Waals surface area contributed by atoms with E-state index >= 15 is 0 Å². The van der Waals surface area contributed by atoms with Crippen LogP contribution >= 0.6 is 0 Å². The third-order valence-corrected chi connectivity index (χ3v) is 4.63. The molecule has 0 amide bonds. The molecule has 0 radical (unpaired) electrons. The predicted octanol–water partition coefficient (Wildman–Crippen LogP) is 1.78. The Labute approximate surface area is 179 Å². The van der Waals surface area contributed by atoms with Crippen molar-refractivity contribution in [2.45, 2.75) is 0 Å². The molecule has 0 unspecified atom stereocenters. The summed E-state index contributed by atoms with van der Waals surface area (Å²) >= 11 is 0. The van der Waals surface area contributed by atoms with Gasteiger partial charge in [-0.2, -0.15) is 5.90 Å². The summed E-state index contributed by atoms with van der Waals surface area (Å²) in [7, 11) is 0. The monoisotopic (exact) mass is 437 g/mol. The second-order valence-corrected chi connectivity index (χ2v) is 6.57. The Morgan fingerprint density at radius 3 is 1.75 bits per heavy atom. The Balaban J connectivity index is 2.37. The molecule has 10 nitrogen and oxygen atoms in total. The lowest BCUT2D eigenvalue weighted by Crippen LogP contribution is -2.19. The Morgan fingerprint density at radius 2 is 1.31 bits per heavy atom. The van der Waals surface area contributed by atoms with Gasteiger partial charge in [-0.05, 0) is 58.7 Å². The number of carbonyl (C=O) groups is 4. The molecule has 0 atom stereocenters. The van der Waals surface area contributed by atoms with E-state index in [-0.39, 0.29) is 22.3 Å². The van der Waals surface area contributed by atoms with Crippen LogP contribution in [0.2, 0.25) is 0 Å². The first-order valence-electron chi connectivity index (χ1n) is 8.86. The zero-order valence-electron chi connectivity index (χ0n) is 16.1. The first-order chi connectivity index (χ1) is 15.1. The van der Waals surface area contributed by atoms with E-state index in [9.17, 15) is 39.6 Å². The van der Waals surface area contributed by atoms with E-state index in [1.165, 1.54) is 18.2 Å². The number of carbonyl (C=O) groups excluding carboxylic acids is 2. The van der Waals surface area contributed by atoms with Crippen LogP contribution in [-0.4, -0.2) is 44.1 Å². The molecule has 1 aliphatic rings. The minimum Gasteiger partial charge on any atom is -0.507 e. The lowest BCUT2D eigenvalue weighted by atomic mass is 9.87. The Hall–Kier alpha value is -4.70. The number of ketones is 1. The summed E-state index contributed by atoms with van der Waals surface area (Å²) in [6, 6.07) is 7.30. The van der Waals surface area contributed by atoms with Gasteiger partial charge in [0.2, 0.25) is 0 Å². The average molecular weight is 437 g/mol. The predicted molar refractivity (Wildman–Crippen MR) is 109 cm³/mol. The summed E-state index contributed by atoms with van der Waals surface area (Å²) < 4.78 is 0. The smallest absolute Gasteiger partial charge is 0.360 e. The van der Waals surface area contributed by atoms with Crippen LogP contribution < -0.4 is 5.90 Å². The molecule has 0 saturated carbocycles. The second-order valence-electron chi connectivity index (χ2n) is 6.57.